The largest absolute Gasteiger partial charge is 0.392 e. The number of ether oxygens (including phenoxy) is 1. The zero-order valence-electron chi connectivity index (χ0n) is 10.2. The summed E-state index contributed by atoms with van der Waals surface area (Å²) < 4.78 is 5.79. The molecule has 2 aliphatic rings. The minimum absolute atomic E-state index is 0.139. The topological polar surface area (TPSA) is 41.5 Å². The fourth-order valence-corrected chi connectivity index (χ4v) is 2.87. The Morgan fingerprint density at radius 1 is 1.00 bits per heavy atom. The van der Waals surface area contributed by atoms with Gasteiger partial charge in [-0.25, -0.2) is 0 Å². The predicted octanol–water partition coefficient (Wildman–Crippen LogP) is 1.84. The van der Waals surface area contributed by atoms with Gasteiger partial charge in [0.15, 0.2) is 0 Å². The summed E-state index contributed by atoms with van der Waals surface area (Å²) in [5.41, 5.74) is 0. The first-order valence-electron chi connectivity index (χ1n) is 6.89. The van der Waals surface area contributed by atoms with E-state index < -0.39 is 0 Å². The highest BCUT2D eigenvalue weighted by atomic mass is 16.5. The standard InChI is InChI=1S/C13H25NO2/c15-13-8-4-3-7-12(13)14-9-10-16-11-5-1-2-6-11/h11-15H,1-10H2/t12-,13-/m1/s1. The molecule has 0 bridgehead atoms. The van der Waals surface area contributed by atoms with Gasteiger partial charge in [-0.05, 0) is 25.7 Å². The third-order valence-corrected chi connectivity index (χ3v) is 3.89. The van der Waals surface area contributed by atoms with E-state index in [0.29, 0.717) is 12.1 Å². The zero-order chi connectivity index (χ0) is 11.2. The van der Waals surface area contributed by atoms with Gasteiger partial charge in [0.25, 0.3) is 0 Å². The molecule has 0 unspecified atom stereocenters. The quantitative estimate of drug-likeness (QED) is 0.704. The summed E-state index contributed by atoms with van der Waals surface area (Å²) in [7, 11) is 0. The molecule has 2 fully saturated rings. The second-order valence-electron chi connectivity index (χ2n) is 5.19. The van der Waals surface area contributed by atoms with Gasteiger partial charge in [-0.15, -0.1) is 0 Å². The molecule has 2 saturated carbocycles. The summed E-state index contributed by atoms with van der Waals surface area (Å²) in [6, 6.07) is 0.306. The van der Waals surface area contributed by atoms with Crippen LogP contribution < -0.4 is 5.32 Å². The molecule has 2 N–H and O–H groups in total. The van der Waals surface area contributed by atoms with Crippen molar-refractivity contribution in [3.05, 3.63) is 0 Å². The van der Waals surface area contributed by atoms with E-state index in [-0.39, 0.29) is 6.10 Å². The molecule has 3 nitrogen and oxygen atoms in total. The molecular weight excluding hydrogens is 202 g/mol. The van der Waals surface area contributed by atoms with Gasteiger partial charge in [0.05, 0.1) is 18.8 Å². The molecule has 0 spiro atoms. The molecule has 16 heavy (non-hydrogen) atoms. The van der Waals surface area contributed by atoms with E-state index in [1.54, 1.807) is 0 Å². The van der Waals surface area contributed by atoms with E-state index in [9.17, 15) is 5.11 Å². The Morgan fingerprint density at radius 3 is 2.44 bits per heavy atom. The Hall–Kier alpha value is -0.120. The number of aliphatic hydroxyl groups excluding tert-OH is 1. The van der Waals surface area contributed by atoms with Gasteiger partial charge >= 0.3 is 0 Å². The average Bonchev–Trinajstić information content (AvgIpc) is 2.79. The maximum atomic E-state index is 9.78. The number of aliphatic hydroxyl groups is 1. The highest BCUT2D eigenvalue weighted by Gasteiger charge is 2.22. The Bertz CT molecular complexity index is 192. The minimum atomic E-state index is -0.139. The summed E-state index contributed by atoms with van der Waals surface area (Å²) in [5, 5.41) is 13.2. The van der Waals surface area contributed by atoms with E-state index in [0.717, 1.165) is 26.0 Å². The second kappa shape index (κ2) is 6.58. The molecule has 0 aromatic rings. The van der Waals surface area contributed by atoms with Crippen LogP contribution in [-0.2, 0) is 4.74 Å². The van der Waals surface area contributed by atoms with Gasteiger partial charge < -0.3 is 15.2 Å². The van der Waals surface area contributed by atoms with Crippen LogP contribution >= 0.6 is 0 Å². The maximum absolute atomic E-state index is 9.78. The average molecular weight is 227 g/mol. The number of hydrogen-bond donors (Lipinski definition) is 2. The number of nitrogens with one attached hydrogen (secondary N) is 1. The highest BCUT2D eigenvalue weighted by Crippen LogP contribution is 2.21. The van der Waals surface area contributed by atoms with Crippen LogP contribution in [0.5, 0.6) is 0 Å². The van der Waals surface area contributed by atoms with Crippen molar-refractivity contribution in [3.8, 4) is 0 Å². The van der Waals surface area contributed by atoms with Crippen LogP contribution in [0.25, 0.3) is 0 Å². The lowest BCUT2D eigenvalue weighted by molar-refractivity contribution is 0.0485. The van der Waals surface area contributed by atoms with Gasteiger partial charge in [0.2, 0.25) is 0 Å². The first kappa shape index (κ1) is 12.3. The van der Waals surface area contributed by atoms with E-state index in [1.807, 2.05) is 0 Å². The monoisotopic (exact) mass is 227 g/mol. The van der Waals surface area contributed by atoms with Gasteiger partial charge in [0, 0.05) is 12.6 Å². The smallest absolute Gasteiger partial charge is 0.0693 e. The molecule has 2 aliphatic carbocycles. The van der Waals surface area contributed by atoms with Crippen LogP contribution in [0.15, 0.2) is 0 Å². The van der Waals surface area contributed by atoms with E-state index in [4.69, 9.17) is 4.74 Å². The Balaban J connectivity index is 1.53. The molecule has 0 radical (unpaired) electrons. The molecule has 0 heterocycles. The van der Waals surface area contributed by atoms with Gasteiger partial charge in [-0.2, -0.15) is 0 Å². The Kier molecular flexibility index (Phi) is 5.07. The zero-order valence-corrected chi connectivity index (χ0v) is 10.2. The third kappa shape index (κ3) is 3.72. The molecule has 0 amide bonds. The van der Waals surface area contributed by atoms with E-state index in [2.05, 4.69) is 5.32 Å². The fourth-order valence-electron chi connectivity index (χ4n) is 2.87. The SMILES string of the molecule is O[C@@H]1CCCC[C@H]1NCCOC1CCCC1. The van der Waals surface area contributed by atoms with Crippen molar-refractivity contribution in [2.45, 2.75) is 69.6 Å². The summed E-state index contributed by atoms with van der Waals surface area (Å²) in [6.07, 6.45) is 10.0. The van der Waals surface area contributed by atoms with Crippen molar-refractivity contribution in [2.75, 3.05) is 13.2 Å². The van der Waals surface area contributed by atoms with Crippen molar-refractivity contribution in [2.24, 2.45) is 0 Å². The molecule has 2 atom stereocenters. The fraction of sp³-hybridized carbons (Fsp3) is 1.00. The summed E-state index contributed by atoms with van der Waals surface area (Å²) in [5.74, 6) is 0. The summed E-state index contributed by atoms with van der Waals surface area (Å²) in [6.45, 7) is 1.69. The van der Waals surface area contributed by atoms with Crippen molar-refractivity contribution < 1.29 is 9.84 Å². The second-order valence-corrected chi connectivity index (χ2v) is 5.19. The molecule has 94 valence electrons. The lowest BCUT2D eigenvalue weighted by Gasteiger charge is -2.28. The van der Waals surface area contributed by atoms with Crippen LogP contribution in [-0.4, -0.2) is 36.5 Å². The van der Waals surface area contributed by atoms with Crippen LogP contribution in [0.4, 0.5) is 0 Å². The van der Waals surface area contributed by atoms with Crippen LogP contribution in [0.3, 0.4) is 0 Å². The highest BCUT2D eigenvalue weighted by molar-refractivity contribution is 4.80. The first-order valence-corrected chi connectivity index (χ1v) is 6.89. The lowest BCUT2D eigenvalue weighted by atomic mass is 9.93. The van der Waals surface area contributed by atoms with Gasteiger partial charge in [-0.3, -0.25) is 0 Å². The first-order chi connectivity index (χ1) is 7.86. The number of rotatable bonds is 5. The van der Waals surface area contributed by atoms with Crippen molar-refractivity contribution >= 4 is 0 Å². The number of hydrogen-bond acceptors (Lipinski definition) is 3. The molecule has 0 saturated heterocycles. The molecule has 0 aromatic carbocycles. The lowest BCUT2D eigenvalue weighted by Crippen LogP contribution is -2.43. The van der Waals surface area contributed by atoms with Crippen LogP contribution in [0, 0.1) is 0 Å². The predicted molar refractivity (Wildman–Crippen MR) is 64.5 cm³/mol. The van der Waals surface area contributed by atoms with Gasteiger partial charge in [-0.1, -0.05) is 25.7 Å². The molecule has 2 rings (SSSR count). The van der Waals surface area contributed by atoms with Crippen molar-refractivity contribution in [1.82, 2.24) is 5.32 Å². The molecule has 0 aromatic heterocycles. The van der Waals surface area contributed by atoms with Crippen LogP contribution in [0.2, 0.25) is 0 Å². The summed E-state index contributed by atoms with van der Waals surface area (Å²) >= 11 is 0. The van der Waals surface area contributed by atoms with E-state index >= 15 is 0 Å². The molecular formula is C13H25NO2. The normalized spacial score (nSPS) is 32.1. The van der Waals surface area contributed by atoms with Crippen molar-refractivity contribution in [1.29, 1.82) is 0 Å². The summed E-state index contributed by atoms with van der Waals surface area (Å²) in [4.78, 5) is 0. The molecule has 0 aliphatic heterocycles. The third-order valence-electron chi connectivity index (χ3n) is 3.89. The Labute approximate surface area is 98.6 Å². The minimum Gasteiger partial charge on any atom is -0.392 e. The molecule has 3 heteroatoms. The Morgan fingerprint density at radius 2 is 1.69 bits per heavy atom. The van der Waals surface area contributed by atoms with Gasteiger partial charge in [0.1, 0.15) is 0 Å². The van der Waals surface area contributed by atoms with Crippen LogP contribution in [0.1, 0.15) is 51.4 Å². The van der Waals surface area contributed by atoms with E-state index in [1.165, 1.54) is 38.5 Å². The maximum Gasteiger partial charge on any atom is 0.0693 e. The van der Waals surface area contributed by atoms with Crippen molar-refractivity contribution in [3.63, 3.8) is 0 Å².